The van der Waals surface area contributed by atoms with Crippen LogP contribution in [-0.4, -0.2) is 25.5 Å². The summed E-state index contributed by atoms with van der Waals surface area (Å²) in [6.45, 7) is 0.409. The number of halogens is 1. The summed E-state index contributed by atoms with van der Waals surface area (Å²) in [6, 6.07) is 7.65. The number of nitrogens with zero attached hydrogens (tertiary/aromatic N) is 1. The molecule has 1 aliphatic heterocycles. The molecular weight excluding hydrogens is 333 g/mol. The molecule has 1 heterocycles. The molecule has 0 bridgehead atoms. The van der Waals surface area contributed by atoms with E-state index in [1.54, 1.807) is 4.90 Å². The molecular formula is C12H12INO3. The van der Waals surface area contributed by atoms with Crippen LogP contribution in [0.15, 0.2) is 24.3 Å². The van der Waals surface area contributed by atoms with Crippen LogP contribution < -0.4 is 4.90 Å². The summed E-state index contributed by atoms with van der Waals surface area (Å²) < 4.78 is 5.78. The number of esters is 1. The fraction of sp³-hybridized carbons (Fsp3) is 0.333. The molecule has 1 saturated heterocycles. The quantitative estimate of drug-likeness (QED) is 0.607. The Bertz CT molecular complexity index is 444. The molecule has 0 aliphatic carbocycles. The molecule has 1 aliphatic rings. The molecule has 0 aromatic heterocycles. The first-order valence-electron chi connectivity index (χ1n) is 5.25. The Morgan fingerprint density at radius 1 is 1.41 bits per heavy atom. The number of hydrogen-bond donors (Lipinski definition) is 0. The van der Waals surface area contributed by atoms with Gasteiger partial charge in [0.2, 0.25) is 5.91 Å². The predicted octanol–water partition coefficient (Wildman–Crippen LogP) is 1.82. The molecule has 4 nitrogen and oxygen atoms in total. The minimum absolute atomic E-state index is 0.0263. The van der Waals surface area contributed by atoms with Gasteiger partial charge in [0.05, 0.1) is 13.0 Å². The summed E-state index contributed by atoms with van der Waals surface area (Å²) in [7, 11) is 1.35. The van der Waals surface area contributed by atoms with Gasteiger partial charge in [-0.1, -0.05) is 0 Å². The predicted molar refractivity (Wildman–Crippen MR) is 71.6 cm³/mol. The summed E-state index contributed by atoms with van der Waals surface area (Å²) in [6.07, 6.45) is 0.235. The van der Waals surface area contributed by atoms with Gasteiger partial charge in [0.15, 0.2) is 0 Å². The standard InChI is InChI=1S/C12H12INO3/c1-17-12(16)8-6-11(15)14(7-8)10-4-2-9(13)3-5-10/h2-5,8H,6-7H2,1H3. The maximum atomic E-state index is 11.8. The summed E-state index contributed by atoms with van der Waals surface area (Å²) in [5.41, 5.74) is 0.835. The third-order valence-corrected chi connectivity index (χ3v) is 3.52. The maximum absolute atomic E-state index is 11.8. The second-order valence-electron chi connectivity index (χ2n) is 3.90. The highest BCUT2D eigenvalue weighted by atomic mass is 127. The molecule has 2 rings (SSSR count). The number of rotatable bonds is 2. The molecule has 0 radical (unpaired) electrons. The van der Waals surface area contributed by atoms with Crippen LogP contribution in [0.25, 0.3) is 0 Å². The number of benzene rings is 1. The topological polar surface area (TPSA) is 46.6 Å². The number of anilines is 1. The third kappa shape index (κ3) is 2.59. The van der Waals surface area contributed by atoms with Crippen LogP contribution in [0.2, 0.25) is 0 Å². The number of methoxy groups -OCH3 is 1. The number of hydrogen-bond acceptors (Lipinski definition) is 3. The van der Waals surface area contributed by atoms with E-state index in [0.29, 0.717) is 6.54 Å². The van der Waals surface area contributed by atoms with Crippen molar-refractivity contribution in [2.24, 2.45) is 5.92 Å². The SMILES string of the molecule is COC(=O)C1CC(=O)N(c2ccc(I)cc2)C1. The third-order valence-electron chi connectivity index (χ3n) is 2.80. The van der Waals surface area contributed by atoms with E-state index in [4.69, 9.17) is 0 Å². The first-order chi connectivity index (χ1) is 8.11. The highest BCUT2D eigenvalue weighted by Crippen LogP contribution is 2.26. The zero-order chi connectivity index (χ0) is 12.4. The van der Waals surface area contributed by atoms with Gasteiger partial charge in [0.1, 0.15) is 0 Å². The van der Waals surface area contributed by atoms with Gasteiger partial charge in [0, 0.05) is 22.2 Å². The normalized spacial score (nSPS) is 19.5. The van der Waals surface area contributed by atoms with Crippen molar-refractivity contribution in [3.63, 3.8) is 0 Å². The van der Waals surface area contributed by atoms with Gasteiger partial charge in [0.25, 0.3) is 0 Å². The fourth-order valence-corrected chi connectivity index (χ4v) is 2.26. The Morgan fingerprint density at radius 2 is 2.06 bits per heavy atom. The summed E-state index contributed by atoms with van der Waals surface area (Å²) >= 11 is 2.21. The van der Waals surface area contributed by atoms with E-state index >= 15 is 0 Å². The van der Waals surface area contributed by atoms with Gasteiger partial charge in [-0.2, -0.15) is 0 Å². The highest BCUT2D eigenvalue weighted by molar-refractivity contribution is 14.1. The zero-order valence-electron chi connectivity index (χ0n) is 9.35. The number of carbonyl (C=O) groups excluding carboxylic acids is 2. The second kappa shape index (κ2) is 5.03. The fourth-order valence-electron chi connectivity index (χ4n) is 1.90. The molecule has 1 aromatic carbocycles. The lowest BCUT2D eigenvalue weighted by atomic mass is 10.1. The number of carbonyl (C=O) groups is 2. The van der Waals surface area contributed by atoms with Crippen LogP contribution >= 0.6 is 22.6 Å². The molecule has 1 unspecified atom stereocenters. The Hall–Kier alpha value is -1.11. The van der Waals surface area contributed by atoms with E-state index in [9.17, 15) is 9.59 Å². The van der Waals surface area contributed by atoms with Gasteiger partial charge in [-0.05, 0) is 46.9 Å². The van der Waals surface area contributed by atoms with Crippen molar-refractivity contribution in [2.45, 2.75) is 6.42 Å². The Kier molecular flexibility index (Phi) is 3.66. The van der Waals surface area contributed by atoms with Crippen molar-refractivity contribution < 1.29 is 14.3 Å². The first kappa shape index (κ1) is 12.3. The van der Waals surface area contributed by atoms with E-state index in [2.05, 4.69) is 27.3 Å². The van der Waals surface area contributed by atoms with Crippen molar-refractivity contribution in [1.29, 1.82) is 0 Å². The Balaban J connectivity index is 2.15. The second-order valence-corrected chi connectivity index (χ2v) is 5.15. The Labute approximate surface area is 113 Å². The summed E-state index contributed by atoms with van der Waals surface area (Å²) in [5, 5.41) is 0. The van der Waals surface area contributed by atoms with E-state index in [1.807, 2.05) is 24.3 Å². The summed E-state index contributed by atoms with van der Waals surface area (Å²) in [4.78, 5) is 24.8. The molecule has 0 saturated carbocycles. The van der Waals surface area contributed by atoms with Crippen LogP contribution in [0.4, 0.5) is 5.69 Å². The van der Waals surface area contributed by atoms with Crippen LogP contribution in [-0.2, 0) is 14.3 Å². The monoisotopic (exact) mass is 345 g/mol. The number of ether oxygens (including phenoxy) is 1. The molecule has 0 spiro atoms. The highest BCUT2D eigenvalue weighted by Gasteiger charge is 2.35. The first-order valence-corrected chi connectivity index (χ1v) is 6.33. The van der Waals surface area contributed by atoms with Crippen LogP contribution in [0.5, 0.6) is 0 Å². The van der Waals surface area contributed by atoms with E-state index in [0.717, 1.165) is 9.26 Å². The number of amides is 1. The lowest BCUT2D eigenvalue weighted by Crippen LogP contribution is -2.26. The lowest BCUT2D eigenvalue weighted by molar-refractivity contribution is -0.145. The average molecular weight is 345 g/mol. The molecule has 1 aromatic rings. The average Bonchev–Trinajstić information content (AvgIpc) is 2.71. The van der Waals surface area contributed by atoms with Gasteiger partial charge in [-0.25, -0.2) is 0 Å². The van der Waals surface area contributed by atoms with Crippen LogP contribution in [0.3, 0.4) is 0 Å². The smallest absolute Gasteiger partial charge is 0.311 e. The molecule has 1 fully saturated rings. The van der Waals surface area contributed by atoms with Gasteiger partial charge >= 0.3 is 5.97 Å². The minimum Gasteiger partial charge on any atom is -0.469 e. The van der Waals surface area contributed by atoms with E-state index in [-0.39, 0.29) is 24.2 Å². The molecule has 17 heavy (non-hydrogen) atoms. The van der Waals surface area contributed by atoms with E-state index < -0.39 is 0 Å². The molecule has 1 atom stereocenters. The van der Waals surface area contributed by atoms with Crippen molar-refractivity contribution in [3.05, 3.63) is 27.8 Å². The molecule has 1 amide bonds. The van der Waals surface area contributed by atoms with Crippen molar-refractivity contribution in [2.75, 3.05) is 18.6 Å². The lowest BCUT2D eigenvalue weighted by Gasteiger charge is -2.16. The Morgan fingerprint density at radius 3 is 2.65 bits per heavy atom. The molecule has 90 valence electrons. The van der Waals surface area contributed by atoms with Crippen molar-refractivity contribution >= 4 is 40.2 Å². The largest absolute Gasteiger partial charge is 0.469 e. The zero-order valence-corrected chi connectivity index (χ0v) is 11.5. The van der Waals surface area contributed by atoms with Crippen LogP contribution in [0.1, 0.15) is 6.42 Å². The minimum atomic E-state index is -0.341. The van der Waals surface area contributed by atoms with Gasteiger partial charge in [-0.15, -0.1) is 0 Å². The van der Waals surface area contributed by atoms with Crippen molar-refractivity contribution in [1.82, 2.24) is 0 Å². The van der Waals surface area contributed by atoms with E-state index in [1.165, 1.54) is 7.11 Å². The van der Waals surface area contributed by atoms with Gasteiger partial charge < -0.3 is 9.64 Å². The van der Waals surface area contributed by atoms with Gasteiger partial charge in [-0.3, -0.25) is 9.59 Å². The molecule has 0 N–H and O–H groups in total. The van der Waals surface area contributed by atoms with Crippen LogP contribution in [0, 0.1) is 9.49 Å². The maximum Gasteiger partial charge on any atom is 0.311 e. The van der Waals surface area contributed by atoms with Crippen molar-refractivity contribution in [3.8, 4) is 0 Å². The summed E-state index contributed by atoms with van der Waals surface area (Å²) in [5.74, 6) is -0.681. The molecule has 5 heteroatoms.